The fourth-order valence-corrected chi connectivity index (χ4v) is 1.11. The fraction of sp³-hybridized carbons (Fsp3) is 0.125. The quantitative estimate of drug-likeness (QED) is 0.397. The summed E-state index contributed by atoms with van der Waals surface area (Å²) in [4.78, 5) is 3.30. The maximum atomic E-state index is 6.82. The van der Waals surface area contributed by atoms with Gasteiger partial charge in [-0.15, -0.1) is 0 Å². The van der Waals surface area contributed by atoms with Gasteiger partial charge in [-0.2, -0.15) is 0 Å². The fourth-order valence-electron chi connectivity index (χ4n) is 0.902. The molecular formula is C8H8ClN3. The van der Waals surface area contributed by atoms with Crippen LogP contribution in [0.25, 0.3) is 4.85 Å². The lowest BCUT2D eigenvalue weighted by Crippen LogP contribution is -2.07. The third-order valence-corrected chi connectivity index (χ3v) is 1.87. The van der Waals surface area contributed by atoms with E-state index >= 15 is 0 Å². The van der Waals surface area contributed by atoms with E-state index in [0.717, 1.165) is 5.56 Å². The van der Waals surface area contributed by atoms with Crippen molar-refractivity contribution in [2.45, 2.75) is 6.92 Å². The zero-order valence-electron chi connectivity index (χ0n) is 6.56. The molecule has 0 aromatic heterocycles. The van der Waals surface area contributed by atoms with Gasteiger partial charge in [-0.3, -0.25) is 5.84 Å². The molecule has 0 fully saturated rings. The number of nitrogens with one attached hydrogen (secondary N) is 1. The van der Waals surface area contributed by atoms with Crippen molar-refractivity contribution in [3.05, 3.63) is 34.1 Å². The van der Waals surface area contributed by atoms with Crippen LogP contribution in [-0.4, -0.2) is 0 Å². The Bertz CT molecular complexity index is 340. The Balaban J connectivity index is 3.28. The summed E-state index contributed by atoms with van der Waals surface area (Å²) >= 11 is 5.79. The molecule has 12 heavy (non-hydrogen) atoms. The standard InChI is InChI=1S/C8H8ClN3/c1-5-3-8(12-10)6(9)4-7(5)11-2/h3-4,12H,10H2,1H3. The van der Waals surface area contributed by atoms with Gasteiger partial charge in [0.05, 0.1) is 17.3 Å². The van der Waals surface area contributed by atoms with Crippen molar-refractivity contribution in [2.24, 2.45) is 5.84 Å². The number of halogens is 1. The maximum absolute atomic E-state index is 6.82. The molecule has 1 rings (SSSR count). The largest absolute Gasteiger partial charge is 0.323 e. The van der Waals surface area contributed by atoms with Gasteiger partial charge in [-0.25, -0.2) is 4.85 Å². The van der Waals surface area contributed by atoms with Gasteiger partial charge in [0.15, 0.2) is 5.69 Å². The van der Waals surface area contributed by atoms with Crippen molar-refractivity contribution < 1.29 is 0 Å². The first kappa shape index (κ1) is 8.85. The van der Waals surface area contributed by atoms with E-state index in [1.54, 1.807) is 12.1 Å². The molecule has 1 aromatic carbocycles. The van der Waals surface area contributed by atoms with Crippen molar-refractivity contribution in [3.8, 4) is 0 Å². The lowest BCUT2D eigenvalue weighted by molar-refractivity contribution is 1.34. The van der Waals surface area contributed by atoms with Crippen LogP contribution >= 0.6 is 11.6 Å². The number of hydrogen-bond acceptors (Lipinski definition) is 2. The molecule has 62 valence electrons. The minimum Gasteiger partial charge on any atom is -0.323 e. The van der Waals surface area contributed by atoms with Crippen molar-refractivity contribution >= 4 is 23.0 Å². The molecule has 0 aliphatic heterocycles. The van der Waals surface area contributed by atoms with E-state index in [9.17, 15) is 0 Å². The van der Waals surface area contributed by atoms with Crippen molar-refractivity contribution in [3.63, 3.8) is 0 Å². The summed E-state index contributed by atoms with van der Waals surface area (Å²) in [5.41, 5.74) is 4.51. The van der Waals surface area contributed by atoms with E-state index in [1.807, 2.05) is 6.92 Å². The Morgan fingerprint density at radius 2 is 2.25 bits per heavy atom. The van der Waals surface area contributed by atoms with Crippen molar-refractivity contribution in [1.29, 1.82) is 0 Å². The van der Waals surface area contributed by atoms with Crippen LogP contribution in [0, 0.1) is 13.5 Å². The summed E-state index contributed by atoms with van der Waals surface area (Å²) in [6, 6.07) is 3.34. The molecule has 0 bridgehead atoms. The molecule has 0 atom stereocenters. The minimum absolute atomic E-state index is 0.467. The van der Waals surface area contributed by atoms with Crippen LogP contribution < -0.4 is 11.3 Å². The van der Waals surface area contributed by atoms with Crippen molar-refractivity contribution in [1.82, 2.24) is 0 Å². The lowest BCUT2D eigenvalue weighted by atomic mass is 10.2. The smallest absolute Gasteiger partial charge is 0.191 e. The lowest BCUT2D eigenvalue weighted by Gasteiger charge is -2.05. The van der Waals surface area contributed by atoms with Crippen molar-refractivity contribution in [2.75, 3.05) is 5.43 Å². The molecular weight excluding hydrogens is 174 g/mol. The number of hydrogen-bond donors (Lipinski definition) is 2. The van der Waals surface area contributed by atoms with E-state index in [-0.39, 0.29) is 0 Å². The van der Waals surface area contributed by atoms with Gasteiger partial charge in [-0.05, 0) is 24.6 Å². The Morgan fingerprint density at radius 1 is 1.58 bits per heavy atom. The molecule has 3 N–H and O–H groups in total. The first-order valence-electron chi connectivity index (χ1n) is 3.33. The Morgan fingerprint density at radius 3 is 2.75 bits per heavy atom. The SMILES string of the molecule is [C-]#[N+]c1cc(Cl)c(NN)cc1C. The number of nitrogen functional groups attached to an aromatic ring is 1. The van der Waals surface area contributed by atoms with E-state index in [1.165, 1.54) is 0 Å². The normalized spacial score (nSPS) is 9.17. The van der Waals surface area contributed by atoms with Gasteiger partial charge in [0.2, 0.25) is 0 Å². The maximum Gasteiger partial charge on any atom is 0.191 e. The van der Waals surface area contributed by atoms with Gasteiger partial charge < -0.3 is 5.43 Å². The predicted octanol–water partition coefficient (Wildman–Crippen LogP) is 2.48. The molecule has 0 saturated carbocycles. The Labute approximate surface area is 75.9 Å². The van der Waals surface area contributed by atoms with Gasteiger partial charge in [0.1, 0.15) is 0 Å². The van der Waals surface area contributed by atoms with E-state index in [0.29, 0.717) is 16.4 Å². The third kappa shape index (κ3) is 1.50. The first-order valence-corrected chi connectivity index (χ1v) is 3.71. The van der Waals surface area contributed by atoms with E-state index in [2.05, 4.69) is 10.3 Å². The van der Waals surface area contributed by atoms with Crippen LogP contribution in [0.1, 0.15) is 5.56 Å². The van der Waals surface area contributed by atoms with Gasteiger partial charge in [-0.1, -0.05) is 11.6 Å². The summed E-state index contributed by atoms with van der Waals surface area (Å²) in [6.45, 7) is 8.66. The second kappa shape index (κ2) is 3.44. The Hall–Kier alpha value is -1.24. The van der Waals surface area contributed by atoms with Gasteiger partial charge >= 0.3 is 0 Å². The predicted molar refractivity (Wildman–Crippen MR) is 50.3 cm³/mol. The highest BCUT2D eigenvalue weighted by molar-refractivity contribution is 6.33. The second-order valence-electron chi connectivity index (χ2n) is 2.37. The first-order chi connectivity index (χ1) is 5.69. The molecule has 4 heteroatoms. The zero-order valence-corrected chi connectivity index (χ0v) is 7.31. The van der Waals surface area contributed by atoms with E-state index in [4.69, 9.17) is 24.0 Å². The summed E-state index contributed by atoms with van der Waals surface area (Å²) in [5.74, 6) is 5.20. The number of hydrazine groups is 1. The van der Waals surface area contributed by atoms with Crippen LogP contribution in [-0.2, 0) is 0 Å². The highest BCUT2D eigenvalue weighted by atomic mass is 35.5. The minimum atomic E-state index is 0.467. The molecule has 0 saturated heterocycles. The summed E-state index contributed by atoms with van der Waals surface area (Å²) in [7, 11) is 0. The summed E-state index contributed by atoms with van der Waals surface area (Å²) in [6.07, 6.45) is 0. The number of anilines is 1. The van der Waals surface area contributed by atoms with Crippen LogP contribution in [0.2, 0.25) is 5.02 Å². The summed E-state index contributed by atoms with van der Waals surface area (Å²) in [5, 5.41) is 0.467. The summed E-state index contributed by atoms with van der Waals surface area (Å²) < 4.78 is 0. The number of nitrogens with zero attached hydrogens (tertiary/aromatic N) is 1. The van der Waals surface area contributed by atoms with Crippen LogP contribution in [0.4, 0.5) is 11.4 Å². The third-order valence-electron chi connectivity index (χ3n) is 1.56. The van der Waals surface area contributed by atoms with Crippen LogP contribution in [0.15, 0.2) is 12.1 Å². The molecule has 0 aliphatic rings. The molecule has 0 aliphatic carbocycles. The number of aryl methyl sites for hydroxylation is 1. The molecule has 1 aromatic rings. The van der Waals surface area contributed by atoms with Gasteiger partial charge in [0.25, 0.3) is 0 Å². The molecule has 0 spiro atoms. The van der Waals surface area contributed by atoms with E-state index < -0.39 is 0 Å². The van der Waals surface area contributed by atoms with Crippen LogP contribution in [0.3, 0.4) is 0 Å². The number of rotatable bonds is 1. The molecule has 0 amide bonds. The highest BCUT2D eigenvalue weighted by Gasteiger charge is 2.03. The van der Waals surface area contributed by atoms with Crippen LogP contribution in [0.5, 0.6) is 0 Å². The van der Waals surface area contributed by atoms with Gasteiger partial charge in [0, 0.05) is 0 Å². The Kier molecular flexibility index (Phi) is 2.54. The zero-order chi connectivity index (χ0) is 9.14. The number of benzene rings is 1. The second-order valence-corrected chi connectivity index (χ2v) is 2.78. The number of nitrogens with two attached hydrogens (primary N) is 1. The highest BCUT2D eigenvalue weighted by Crippen LogP contribution is 2.29. The molecule has 3 nitrogen and oxygen atoms in total. The molecule has 0 radical (unpaired) electrons. The monoisotopic (exact) mass is 181 g/mol. The molecule has 0 heterocycles. The average molecular weight is 182 g/mol. The topological polar surface area (TPSA) is 42.4 Å². The average Bonchev–Trinajstić information content (AvgIpc) is 2.08. The molecule has 0 unspecified atom stereocenters.